The van der Waals surface area contributed by atoms with Gasteiger partial charge in [-0.3, -0.25) is 0 Å². The molecule has 0 saturated heterocycles. The smallest absolute Gasteiger partial charge is 0.377 e. The van der Waals surface area contributed by atoms with Crippen LogP contribution in [0, 0.1) is 0 Å². The van der Waals surface area contributed by atoms with Gasteiger partial charge in [0.1, 0.15) is 11.4 Å². The molecule has 1 unspecified atom stereocenters. The highest BCUT2D eigenvalue weighted by molar-refractivity contribution is 5.32. The molecule has 6 heteroatoms. The van der Waals surface area contributed by atoms with E-state index in [2.05, 4.69) is 4.98 Å². The lowest BCUT2D eigenvalue weighted by Crippen LogP contribution is -2.27. The van der Waals surface area contributed by atoms with E-state index in [9.17, 15) is 18.3 Å². The summed E-state index contributed by atoms with van der Waals surface area (Å²) in [5.41, 5.74) is -1.83. The molecule has 0 amide bonds. The predicted molar refractivity (Wildman–Crippen MR) is 63.3 cm³/mol. The first-order valence-electron chi connectivity index (χ1n) is 5.61. The predicted octanol–water partition coefficient (Wildman–Crippen LogP) is 2.69. The van der Waals surface area contributed by atoms with Crippen molar-refractivity contribution in [3.05, 3.63) is 53.6 Å². The van der Waals surface area contributed by atoms with E-state index in [1.165, 1.54) is 25.3 Å². The van der Waals surface area contributed by atoms with Crippen LogP contribution in [0.2, 0.25) is 0 Å². The van der Waals surface area contributed by atoms with Crippen molar-refractivity contribution < 1.29 is 18.3 Å². The third kappa shape index (κ3) is 2.49. The number of aromatic nitrogens is 2. The molecular formula is C13H13F3N2O. The van der Waals surface area contributed by atoms with Crippen molar-refractivity contribution in [2.75, 3.05) is 0 Å². The summed E-state index contributed by atoms with van der Waals surface area (Å²) in [5, 5.41) is 10.5. The third-order valence-corrected chi connectivity index (χ3v) is 3.03. The van der Waals surface area contributed by atoms with Crippen LogP contribution in [0.5, 0.6) is 0 Å². The minimum absolute atomic E-state index is 0.356. The molecule has 0 fully saturated rings. The second kappa shape index (κ2) is 4.38. The first-order valence-corrected chi connectivity index (χ1v) is 5.61. The molecule has 0 spiro atoms. The zero-order valence-corrected chi connectivity index (χ0v) is 10.4. The molecule has 0 aliphatic heterocycles. The molecule has 0 radical (unpaired) electrons. The third-order valence-electron chi connectivity index (χ3n) is 3.03. The van der Waals surface area contributed by atoms with Crippen molar-refractivity contribution in [3.8, 4) is 0 Å². The molecule has 3 nitrogen and oxygen atoms in total. The monoisotopic (exact) mass is 270 g/mol. The van der Waals surface area contributed by atoms with E-state index < -0.39 is 17.3 Å². The Morgan fingerprint density at radius 3 is 2.05 bits per heavy atom. The van der Waals surface area contributed by atoms with Gasteiger partial charge in [0.15, 0.2) is 0 Å². The number of aryl methyl sites for hydroxylation is 1. The topological polar surface area (TPSA) is 38.0 Å². The number of hydrogen-bond donors (Lipinski definition) is 1. The molecule has 1 aromatic carbocycles. The van der Waals surface area contributed by atoms with Crippen LogP contribution < -0.4 is 0 Å². The van der Waals surface area contributed by atoms with Crippen molar-refractivity contribution in [3.63, 3.8) is 0 Å². The molecule has 19 heavy (non-hydrogen) atoms. The highest BCUT2D eigenvalue weighted by atomic mass is 19.4. The highest BCUT2D eigenvalue weighted by Gasteiger charge is 2.33. The van der Waals surface area contributed by atoms with E-state index in [0.717, 1.165) is 12.1 Å². The summed E-state index contributed by atoms with van der Waals surface area (Å²) >= 11 is 0. The molecule has 0 bridgehead atoms. The van der Waals surface area contributed by atoms with Gasteiger partial charge >= 0.3 is 6.18 Å². The number of aliphatic hydroxyl groups is 1. The fourth-order valence-corrected chi connectivity index (χ4v) is 1.95. The van der Waals surface area contributed by atoms with Crippen LogP contribution in [-0.2, 0) is 18.8 Å². The summed E-state index contributed by atoms with van der Waals surface area (Å²) in [6.07, 6.45) is -1.20. The largest absolute Gasteiger partial charge is 0.416 e. The van der Waals surface area contributed by atoms with E-state index in [-0.39, 0.29) is 0 Å². The fourth-order valence-electron chi connectivity index (χ4n) is 1.95. The number of imidazole rings is 1. The van der Waals surface area contributed by atoms with Crippen LogP contribution in [-0.4, -0.2) is 14.7 Å². The second-order valence-electron chi connectivity index (χ2n) is 4.51. The molecule has 1 aromatic heterocycles. The maximum Gasteiger partial charge on any atom is 0.416 e. The molecule has 0 aliphatic rings. The van der Waals surface area contributed by atoms with E-state index in [0.29, 0.717) is 11.4 Å². The summed E-state index contributed by atoms with van der Waals surface area (Å²) < 4.78 is 39.0. The van der Waals surface area contributed by atoms with E-state index in [1.807, 2.05) is 0 Å². The van der Waals surface area contributed by atoms with Gasteiger partial charge in [-0.15, -0.1) is 0 Å². The van der Waals surface area contributed by atoms with Crippen molar-refractivity contribution in [1.82, 2.24) is 9.55 Å². The Labute approximate surface area is 108 Å². The van der Waals surface area contributed by atoms with Crippen LogP contribution >= 0.6 is 0 Å². The van der Waals surface area contributed by atoms with Gasteiger partial charge in [0.05, 0.1) is 5.56 Å². The molecular weight excluding hydrogens is 257 g/mol. The lowest BCUT2D eigenvalue weighted by molar-refractivity contribution is -0.137. The molecule has 1 atom stereocenters. The molecule has 0 saturated carbocycles. The number of rotatable bonds is 2. The minimum atomic E-state index is -4.38. The average molecular weight is 270 g/mol. The standard InChI is InChI=1S/C13H13F3N2O/c1-12(19,11-17-7-8-18(11)2)9-3-5-10(6-4-9)13(14,15)16/h3-8,19H,1-2H3. The number of alkyl halides is 3. The van der Waals surface area contributed by atoms with Gasteiger partial charge in [-0.05, 0) is 24.6 Å². The molecule has 2 rings (SSSR count). The SMILES string of the molecule is Cn1ccnc1C(C)(O)c1ccc(C(F)(F)F)cc1. The maximum atomic E-state index is 12.5. The van der Waals surface area contributed by atoms with Crippen molar-refractivity contribution in [1.29, 1.82) is 0 Å². The lowest BCUT2D eigenvalue weighted by atomic mass is 9.94. The quantitative estimate of drug-likeness (QED) is 0.911. The fraction of sp³-hybridized carbons (Fsp3) is 0.308. The number of benzene rings is 1. The van der Waals surface area contributed by atoms with Crippen molar-refractivity contribution in [2.45, 2.75) is 18.7 Å². The van der Waals surface area contributed by atoms with Gasteiger partial charge in [0.2, 0.25) is 0 Å². The van der Waals surface area contributed by atoms with Gasteiger partial charge in [0.25, 0.3) is 0 Å². The molecule has 102 valence electrons. The Balaban J connectivity index is 2.40. The number of halogens is 3. The summed E-state index contributed by atoms with van der Waals surface area (Å²) in [7, 11) is 1.71. The summed E-state index contributed by atoms with van der Waals surface area (Å²) in [4.78, 5) is 4.03. The normalized spacial score (nSPS) is 15.3. The van der Waals surface area contributed by atoms with E-state index in [4.69, 9.17) is 0 Å². The van der Waals surface area contributed by atoms with Crippen LogP contribution in [0.15, 0.2) is 36.7 Å². The minimum Gasteiger partial charge on any atom is -0.377 e. The lowest BCUT2D eigenvalue weighted by Gasteiger charge is -2.23. The second-order valence-corrected chi connectivity index (χ2v) is 4.51. The van der Waals surface area contributed by atoms with E-state index >= 15 is 0 Å². The molecule has 0 aliphatic carbocycles. The van der Waals surface area contributed by atoms with Gasteiger partial charge in [-0.1, -0.05) is 12.1 Å². The molecule has 2 aromatic rings. The Morgan fingerprint density at radius 2 is 1.63 bits per heavy atom. The molecule has 1 heterocycles. The van der Waals surface area contributed by atoms with Crippen LogP contribution in [0.4, 0.5) is 13.2 Å². The average Bonchev–Trinajstić information content (AvgIpc) is 2.75. The van der Waals surface area contributed by atoms with Gasteiger partial charge in [-0.25, -0.2) is 4.98 Å². The first-order chi connectivity index (χ1) is 8.73. The molecule has 1 N–H and O–H groups in total. The zero-order chi connectivity index (χ0) is 14.3. The van der Waals surface area contributed by atoms with Crippen LogP contribution in [0.1, 0.15) is 23.9 Å². The van der Waals surface area contributed by atoms with Gasteiger partial charge in [0, 0.05) is 19.4 Å². The van der Waals surface area contributed by atoms with Crippen molar-refractivity contribution >= 4 is 0 Å². The maximum absolute atomic E-state index is 12.5. The van der Waals surface area contributed by atoms with Crippen LogP contribution in [0.25, 0.3) is 0 Å². The Bertz CT molecular complexity index is 570. The summed E-state index contributed by atoms with van der Waals surface area (Å²) in [6.45, 7) is 1.50. The summed E-state index contributed by atoms with van der Waals surface area (Å²) in [6, 6.07) is 4.43. The van der Waals surface area contributed by atoms with Crippen LogP contribution in [0.3, 0.4) is 0 Å². The highest BCUT2D eigenvalue weighted by Crippen LogP contribution is 2.32. The Kier molecular flexibility index (Phi) is 3.14. The number of hydrogen-bond acceptors (Lipinski definition) is 2. The first kappa shape index (κ1) is 13.6. The van der Waals surface area contributed by atoms with Gasteiger partial charge < -0.3 is 9.67 Å². The summed E-state index contributed by atoms with van der Waals surface area (Å²) in [5.74, 6) is 0.368. The van der Waals surface area contributed by atoms with Crippen molar-refractivity contribution in [2.24, 2.45) is 7.05 Å². The zero-order valence-electron chi connectivity index (χ0n) is 10.4. The van der Waals surface area contributed by atoms with Gasteiger partial charge in [-0.2, -0.15) is 13.2 Å². The van der Waals surface area contributed by atoms with E-state index in [1.54, 1.807) is 17.8 Å². The number of nitrogens with zero attached hydrogens (tertiary/aromatic N) is 2. The Morgan fingerprint density at radius 1 is 1.11 bits per heavy atom. The Hall–Kier alpha value is -1.82.